The van der Waals surface area contributed by atoms with E-state index in [1.165, 1.54) is 12.1 Å². The summed E-state index contributed by atoms with van der Waals surface area (Å²) in [7, 11) is 1.68. The number of hydrogen-bond acceptors (Lipinski definition) is 3. The van der Waals surface area contributed by atoms with Crippen molar-refractivity contribution < 1.29 is 14.2 Å². The maximum absolute atomic E-state index is 13.1. The minimum Gasteiger partial charge on any atom is -0.394 e. The van der Waals surface area contributed by atoms with E-state index < -0.39 is 0 Å². The highest BCUT2D eigenvalue weighted by molar-refractivity contribution is 5.18. The molecule has 0 unspecified atom stereocenters. The highest BCUT2D eigenvalue weighted by atomic mass is 19.1. The van der Waals surface area contributed by atoms with Gasteiger partial charge in [0.05, 0.1) is 13.2 Å². The number of hydrogen-bond donors (Lipinski definition) is 1. The monoisotopic (exact) mass is 334 g/mol. The van der Waals surface area contributed by atoms with E-state index in [1.54, 1.807) is 19.2 Å². The Labute approximate surface area is 143 Å². The molecule has 24 heavy (non-hydrogen) atoms. The third-order valence-corrected chi connectivity index (χ3v) is 4.35. The molecular formula is C19H27FN2O2. The molecule has 0 saturated heterocycles. The average molecular weight is 334 g/mol. The molecule has 1 aromatic heterocycles. The number of benzene rings is 1. The zero-order valence-corrected chi connectivity index (χ0v) is 14.7. The van der Waals surface area contributed by atoms with Gasteiger partial charge in [-0.1, -0.05) is 12.1 Å². The van der Waals surface area contributed by atoms with Gasteiger partial charge in [-0.15, -0.1) is 0 Å². The van der Waals surface area contributed by atoms with Crippen LogP contribution in [0.3, 0.4) is 0 Å². The van der Waals surface area contributed by atoms with Crippen LogP contribution in [0.1, 0.15) is 25.1 Å². The molecule has 0 amide bonds. The van der Waals surface area contributed by atoms with E-state index in [0.29, 0.717) is 19.7 Å². The number of halogens is 1. The SMILES string of the molecule is COCCN(Cc1cccn1Cc1ccc(F)cc1)C(C)(C)CO. The van der Waals surface area contributed by atoms with Crippen LogP contribution in [0, 0.1) is 5.82 Å². The van der Waals surface area contributed by atoms with Crippen LogP contribution < -0.4 is 0 Å². The molecule has 0 saturated carbocycles. The maximum Gasteiger partial charge on any atom is 0.123 e. The van der Waals surface area contributed by atoms with Crippen molar-refractivity contribution in [2.24, 2.45) is 0 Å². The normalized spacial score (nSPS) is 12.1. The molecule has 5 heteroatoms. The lowest BCUT2D eigenvalue weighted by atomic mass is 10.0. The van der Waals surface area contributed by atoms with Crippen LogP contribution in [0.15, 0.2) is 42.6 Å². The van der Waals surface area contributed by atoms with Gasteiger partial charge >= 0.3 is 0 Å². The number of ether oxygens (including phenoxy) is 1. The van der Waals surface area contributed by atoms with Crippen molar-refractivity contribution in [1.29, 1.82) is 0 Å². The Balaban J connectivity index is 2.13. The molecular weight excluding hydrogens is 307 g/mol. The van der Waals surface area contributed by atoms with Gasteiger partial charge in [-0.3, -0.25) is 4.90 Å². The molecule has 132 valence electrons. The molecule has 0 atom stereocenters. The van der Waals surface area contributed by atoms with Gasteiger partial charge in [0.15, 0.2) is 0 Å². The first kappa shape index (κ1) is 18.6. The molecule has 0 aliphatic carbocycles. The van der Waals surface area contributed by atoms with Crippen LogP contribution in [0.5, 0.6) is 0 Å². The second-order valence-electron chi connectivity index (χ2n) is 6.64. The van der Waals surface area contributed by atoms with Crippen molar-refractivity contribution in [3.8, 4) is 0 Å². The van der Waals surface area contributed by atoms with Crippen LogP contribution in [0.25, 0.3) is 0 Å². The molecule has 1 heterocycles. The molecule has 4 nitrogen and oxygen atoms in total. The Morgan fingerprint density at radius 1 is 1.21 bits per heavy atom. The molecule has 1 aromatic carbocycles. The topological polar surface area (TPSA) is 37.6 Å². The molecule has 0 bridgehead atoms. The lowest BCUT2D eigenvalue weighted by Gasteiger charge is -2.37. The fourth-order valence-corrected chi connectivity index (χ4v) is 2.63. The maximum atomic E-state index is 13.1. The number of methoxy groups -OCH3 is 1. The second-order valence-corrected chi connectivity index (χ2v) is 6.64. The number of aliphatic hydroxyl groups is 1. The van der Waals surface area contributed by atoms with E-state index >= 15 is 0 Å². The van der Waals surface area contributed by atoms with Gasteiger partial charge in [-0.05, 0) is 43.7 Å². The molecule has 0 fully saturated rings. The summed E-state index contributed by atoms with van der Waals surface area (Å²) in [5, 5.41) is 9.70. The summed E-state index contributed by atoms with van der Waals surface area (Å²) in [5.74, 6) is -0.220. The van der Waals surface area contributed by atoms with Crippen LogP contribution in [-0.4, -0.2) is 47.0 Å². The lowest BCUT2D eigenvalue weighted by molar-refractivity contribution is 0.0284. The van der Waals surface area contributed by atoms with E-state index in [0.717, 1.165) is 17.8 Å². The average Bonchev–Trinajstić information content (AvgIpc) is 3.00. The first-order valence-electron chi connectivity index (χ1n) is 8.19. The van der Waals surface area contributed by atoms with E-state index in [1.807, 2.05) is 26.1 Å². The Kier molecular flexibility index (Phi) is 6.54. The fourth-order valence-electron chi connectivity index (χ4n) is 2.63. The van der Waals surface area contributed by atoms with Crippen molar-refractivity contribution in [1.82, 2.24) is 9.47 Å². The van der Waals surface area contributed by atoms with Gasteiger partial charge in [0.1, 0.15) is 5.82 Å². The van der Waals surface area contributed by atoms with E-state index in [2.05, 4.69) is 15.5 Å². The highest BCUT2D eigenvalue weighted by Gasteiger charge is 2.26. The zero-order valence-electron chi connectivity index (χ0n) is 14.7. The van der Waals surface area contributed by atoms with Gasteiger partial charge in [0, 0.05) is 44.2 Å². The Morgan fingerprint density at radius 2 is 1.92 bits per heavy atom. The van der Waals surface area contributed by atoms with E-state index in [9.17, 15) is 9.50 Å². The van der Waals surface area contributed by atoms with Crippen molar-refractivity contribution in [2.45, 2.75) is 32.5 Å². The van der Waals surface area contributed by atoms with Crippen LogP contribution >= 0.6 is 0 Å². The molecule has 0 spiro atoms. The van der Waals surface area contributed by atoms with E-state index in [-0.39, 0.29) is 18.0 Å². The molecule has 0 aliphatic rings. The van der Waals surface area contributed by atoms with Crippen LogP contribution in [-0.2, 0) is 17.8 Å². The van der Waals surface area contributed by atoms with Gasteiger partial charge in [-0.25, -0.2) is 4.39 Å². The Morgan fingerprint density at radius 3 is 2.54 bits per heavy atom. The summed E-state index contributed by atoms with van der Waals surface area (Å²) in [6, 6.07) is 10.7. The zero-order chi connectivity index (χ0) is 17.6. The lowest BCUT2D eigenvalue weighted by Crippen LogP contribution is -2.48. The number of rotatable bonds is 9. The quantitative estimate of drug-likeness (QED) is 0.766. The predicted molar refractivity (Wildman–Crippen MR) is 93.4 cm³/mol. The van der Waals surface area contributed by atoms with Gasteiger partial charge in [0.2, 0.25) is 0 Å². The minimum absolute atomic E-state index is 0.0788. The largest absolute Gasteiger partial charge is 0.394 e. The van der Waals surface area contributed by atoms with Gasteiger partial charge in [0.25, 0.3) is 0 Å². The standard InChI is InChI=1S/C19H27FN2O2/c1-19(2,15-23)22(11-12-24-3)14-18-5-4-10-21(18)13-16-6-8-17(20)9-7-16/h4-10,23H,11-15H2,1-3H3. The van der Waals surface area contributed by atoms with Gasteiger partial charge in [-0.2, -0.15) is 0 Å². The third-order valence-electron chi connectivity index (χ3n) is 4.35. The molecule has 2 rings (SSSR count). The summed E-state index contributed by atoms with van der Waals surface area (Å²) >= 11 is 0. The predicted octanol–water partition coefficient (Wildman–Crippen LogP) is 2.89. The Bertz CT molecular complexity index is 623. The summed E-state index contributed by atoms with van der Waals surface area (Å²) in [6.07, 6.45) is 2.03. The first-order valence-corrected chi connectivity index (χ1v) is 8.19. The highest BCUT2D eigenvalue weighted by Crippen LogP contribution is 2.18. The minimum atomic E-state index is -0.330. The Hall–Kier alpha value is -1.69. The summed E-state index contributed by atoms with van der Waals surface area (Å²) < 4.78 is 20.4. The molecule has 1 N–H and O–H groups in total. The van der Waals surface area contributed by atoms with Crippen LogP contribution in [0.4, 0.5) is 4.39 Å². The number of aliphatic hydroxyl groups excluding tert-OH is 1. The number of aromatic nitrogens is 1. The summed E-state index contributed by atoms with van der Waals surface area (Å²) in [5.41, 5.74) is 1.87. The summed E-state index contributed by atoms with van der Waals surface area (Å²) in [4.78, 5) is 2.22. The summed E-state index contributed by atoms with van der Waals surface area (Å²) in [6.45, 7) is 6.89. The third kappa shape index (κ3) is 4.90. The molecule has 0 radical (unpaired) electrons. The second kappa shape index (κ2) is 8.42. The van der Waals surface area contributed by atoms with Crippen molar-refractivity contribution in [2.75, 3.05) is 26.9 Å². The number of nitrogens with zero attached hydrogens (tertiary/aromatic N) is 2. The fraction of sp³-hybridized carbons (Fsp3) is 0.474. The van der Waals surface area contributed by atoms with E-state index in [4.69, 9.17) is 4.74 Å². The molecule has 2 aromatic rings. The first-order chi connectivity index (χ1) is 11.5. The van der Waals surface area contributed by atoms with Crippen LogP contribution in [0.2, 0.25) is 0 Å². The van der Waals surface area contributed by atoms with Gasteiger partial charge < -0.3 is 14.4 Å². The molecule has 0 aliphatic heterocycles. The van der Waals surface area contributed by atoms with Crippen molar-refractivity contribution >= 4 is 0 Å². The van der Waals surface area contributed by atoms with Crippen molar-refractivity contribution in [3.63, 3.8) is 0 Å². The smallest absolute Gasteiger partial charge is 0.123 e. The van der Waals surface area contributed by atoms with Crippen molar-refractivity contribution in [3.05, 3.63) is 59.7 Å².